The highest BCUT2D eigenvalue weighted by molar-refractivity contribution is 6.30. The first-order chi connectivity index (χ1) is 11.3. The summed E-state index contributed by atoms with van der Waals surface area (Å²) in [6.07, 6.45) is 3.07. The summed E-state index contributed by atoms with van der Waals surface area (Å²) in [6, 6.07) is 7.11. The van der Waals surface area contributed by atoms with E-state index in [4.69, 9.17) is 11.6 Å². The fourth-order valence-corrected chi connectivity index (χ4v) is 2.16. The number of carbonyl (C=O) groups excluding carboxylic acids is 2. The summed E-state index contributed by atoms with van der Waals surface area (Å²) in [4.78, 5) is 25.8. The Labute approximate surface area is 145 Å². The molecule has 0 atom stereocenters. The summed E-state index contributed by atoms with van der Waals surface area (Å²) in [7, 11) is 5.00. The second-order valence-corrected chi connectivity index (χ2v) is 5.94. The van der Waals surface area contributed by atoms with Gasteiger partial charge in [-0.3, -0.25) is 14.3 Å². The van der Waals surface area contributed by atoms with E-state index < -0.39 is 0 Å². The first-order valence-corrected chi connectivity index (χ1v) is 7.67. The molecule has 126 valence electrons. The van der Waals surface area contributed by atoms with E-state index in [1.807, 2.05) is 12.1 Å². The number of aryl methyl sites for hydroxylation is 1. The molecule has 0 radical (unpaired) electrons. The number of nitrogens with zero attached hydrogens (tertiary/aromatic N) is 3. The maximum Gasteiger partial charge on any atom is 0.276 e. The Morgan fingerprint density at radius 1 is 1.25 bits per heavy atom. The minimum absolute atomic E-state index is 0.216. The van der Waals surface area contributed by atoms with Gasteiger partial charge in [0.15, 0.2) is 5.69 Å². The van der Waals surface area contributed by atoms with Gasteiger partial charge in [-0.15, -0.1) is 0 Å². The van der Waals surface area contributed by atoms with Crippen molar-refractivity contribution < 1.29 is 9.59 Å². The summed E-state index contributed by atoms with van der Waals surface area (Å²) in [6.45, 7) is 1.79. The molecule has 0 saturated heterocycles. The molecule has 0 saturated carbocycles. The Bertz CT molecular complexity index is 792. The Hall–Kier alpha value is -2.60. The first-order valence-electron chi connectivity index (χ1n) is 7.29. The molecule has 2 aromatic rings. The molecule has 1 N–H and O–H groups in total. The van der Waals surface area contributed by atoms with Crippen LogP contribution in [-0.2, 0) is 11.8 Å². The van der Waals surface area contributed by atoms with Gasteiger partial charge in [0.25, 0.3) is 5.91 Å². The van der Waals surface area contributed by atoms with Gasteiger partial charge < -0.3 is 10.2 Å². The average Bonchev–Trinajstić information content (AvgIpc) is 2.81. The summed E-state index contributed by atoms with van der Waals surface area (Å²) < 4.78 is 1.56. The van der Waals surface area contributed by atoms with Crippen molar-refractivity contribution in [2.24, 2.45) is 7.05 Å². The standard InChI is InChI=1S/C17H19ClN4O2/c1-11-15(16(20-22(11)4)17(24)21(2)3)19-14(23)10-7-12-5-8-13(18)9-6-12/h5-10H,1-4H3,(H,19,23)/b10-7+. The molecular formula is C17H19ClN4O2. The van der Waals surface area contributed by atoms with Crippen LogP contribution in [0.25, 0.3) is 6.08 Å². The van der Waals surface area contributed by atoms with Gasteiger partial charge in [-0.05, 0) is 30.7 Å². The zero-order valence-corrected chi connectivity index (χ0v) is 14.8. The third kappa shape index (κ3) is 4.02. The van der Waals surface area contributed by atoms with Gasteiger partial charge in [0.05, 0.1) is 11.4 Å². The predicted octanol–water partition coefficient (Wildman–Crippen LogP) is 2.74. The Morgan fingerprint density at radius 3 is 2.46 bits per heavy atom. The lowest BCUT2D eigenvalue weighted by Gasteiger charge is -2.10. The quantitative estimate of drug-likeness (QED) is 0.865. The molecule has 0 fully saturated rings. The fourth-order valence-electron chi connectivity index (χ4n) is 2.03. The van der Waals surface area contributed by atoms with Gasteiger partial charge >= 0.3 is 0 Å². The number of nitrogens with one attached hydrogen (secondary N) is 1. The smallest absolute Gasteiger partial charge is 0.276 e. The molecule has 2 rings (SSSR count). The minimum atomic E-state index is -0.339. The fraction of sp³-hybridized carbons (Fsp3) is 0.235. The van der Waals surface area contributed by atoms with Gasteiger partial charge in [0, 0.05) is 32.2 Å². The maximum absolute atomic E-state index is 12.2. The molecule has 0 unspecified atom stereocenters. The van der Waals surface area contributed by atoms with Crippen LogP contribution in [0.15, 0.2) is 30.3 Å². The highest BCUT2D eigenvalue weighted by Gasteiger charge is 2.22. The normalized spacial score (nSPS) is 10.9. The lowest BCUT2D eigenvalue weighted by atomic mass is 10.2. The summed E-state index contributed by atoms with van der Waals surface area (Å²) in [5, 5.41) is 7.55. The third-order valence-corrected chi connectivity index (χ3v) is 3.74. The van der Waals surface area contributed by atoms with Crippen molar-refractivity contribution in [1.82, 2.24) is 14.7 Å². The SMILES string of the molecule is Cc1c(NC(=O)/C=C/c2ccc(Cl)cc2)c(C(=O)N(C)C)nn1C. The van der Waals surface area contributed by atoms with Crippen LogP contribution in [0, 0.1) is 6.92 Å². The molecule has 0 aliphatic heterocycles. The van der Waals surface area contributed by atoms with E-state index in [1.54, 1.807) is 51.0 Å². The number of benzene rings is 1. The van der Waals surface area contributed by atoms with Gasteiger partial charge in [-0.25, -0.2) is 0 Å². The topological polar surface area (TPSA) is 67.2 Å². The zero-order chi connectivity index (χ0) is 17.9. The van der Waals surface area contributed by atoms with Crippen molar-refractivity contribution in [3.63, 3.8) is 0 Å². The minimum Gasteiger partial charge on any atom is -0.343 e. The number of anilines is 1. The second-order valence-electron chi connectivity index (χ2n) is 5.51. The van der Waals surface area contributed by atoms with Crippen molar-refractivity contribution >= 4 is 35.2 Å². The molecule has 0 aliphatic carbocycles. The van der Waals surface area contributed by atoms with E-state index in [-0.39, 0.29) is 17.5 Å². The van der Waals surface area contributed by atoms with E-state index in [2.05, 4.69) is 10.4 Å². The summed E-state index contributed by atoms with van der Waals surface area (Å²) in [5.41, 5.74) is 2.19. The molecule has 24 heavy (non-hydrogen) atoms. The summed E-state index contributed by atoms with van der Waals surface area (Å²) in [5.74, 6) is -0.607. The average molecular weight is 347 g/mol. The molecule has 1 aromatic heterocycles. The van der Waals surface area contributed by atoms with E-state index >= 15 is 0 Å². The van der Waals surface area contributed by atoms with E-state index in [9.17, 15) is 9.59 Å². The van der Waals surface area contributed by atoms with Crippen LogP contribution in [0.2, 0.25) is 5.02 Å². The highest BCUT2D eigenvalue weighted by Crippen LogP contribution is 2.21. The van der Waals surface area contributed by atoms with Crippen LogP contribution < -0.4 is 5.32 Å². The largest absolute Gasteiger partial charge is 0.343 e. The second kappa shape index (κ2) is 7.31. The molecular weight excluding hydrogens is 328 g/mol. The molecule has 0 bridgehead atoms. The monoisotopic (exact) mass is 346 g/mol. The van der Waals surface area contributed by atoms with Crippen LogP contribution in [0.3, 0.4) is 0 Å². The Morgan fingerprint density at radius 2 is 1.88 bits per heavy atom. The zero-order valence-electron chi connectivity index (χ0n) is 14.0. The Kier molecular flexibility index (Phi) is 5.41. The molecule has 1 heterocycles. The predicted molar refractivity (Wildman–Crippen MR) is 95.1 cm³/mol. The van der Waals surface area contributed by atoms with E-state index in [1.165, 1.54) is 11.0 Å². The van der Waals surface area contributed by atoms with Crippen LogP contribution in [-0.4, -0.2) is 40.6 Å². The number of hydrogen-bond acceptors (Lipinski definition) is 3. The van der Waals surface area contributed by atoms with Crippen molar-refractivity contribution in [2.75, 3.05) is 19.4 Å². The summed E-state index contributed by atoms with van der Waals surface area (Å²) >= 11 is 5.83. The number of amides is 2. The first kappa shape index (κ1) is 17.7. The lowest BCUT2D eigenvalue weighted by molar-refractivity contribution is -0.111. The van der Waals surface area contributed by atoms with Gasteiger partial charge in [-0.2, -0.15) is 5.10 Å². The van der Waals surface area contributed by atoms with Crippen molar-refractivity contribution in [1.29, 1.82) is 0 Å². The molecule has 6 nitrogen and oxygen atoms in total. The third-order valence-electron chi connectivity index (χ3n) is 3.49. The van der Waals surface area contributed by atoms with Gasteiger partial charge in [0.1, 0.15) is 0 Å². The van der Waals surface area contributed by atoms with Crippen molar-refractivity contribution in [3.8, 4) is 0 Å². The van der Waals surface area contributed by atoms with Crippen LogP contribution in [0.4, 0.5) is 5.69 Å². The van der Waals surface area contributed by atoms with Crippen LogP contribution in [0.5, 0.6) is 0 Å². The molecule has 1 aromatic carbocycles. The highest BCUT2D eigenvalue weighted by atomic mass is 35.5. The molecule has 2 amide bonds. The van der Waals surface area contributed by atoms with Crippen molar-refractivity contribution in [3.05, 3.63) is 52.3 Å². The van der Waals surface area contributed by atoms with E-state index in [0.29, 0.717) is 16.4 Å². The number of halogens is 1. The van der Waals surface area contributed by atoms with Gasteiger partial charge in [0.2, 0.25) is 5.91 Å². The van der Waals surface area contributed by atoms with E-state index in [0.717, 1.165) is 5.56 Å². The number of aromatic nitrogens is 2. The number of rotatable bonds is 4. The molecule has 0 aliphatic rings. The number of carbonyl (C=O) groups is 2. The lowest BCUT2D eigenvalue weighted by Crippen LogP contribution is -2.24. The van der Waals surface area contributed by atoms with Crippen LogP contribution in [0.1, 0.15) is 21.7 Å². The van der Waals surface area contributed by atoms with Gasteiger partial charge in [-0.1, -0.05) is 23.7 Å². The molecule has 7 heteroatoms. The Balaban J connectivity index is 2.19. The van der Waals surface area contributed by atoms with Crippen molar-refractivity contribution in [2.45, 2.75) is 6.92 Å². The van der Waals surface area contributed by atoms with Crippen LogP contribution >= 0.6 is 11.6 Å². The maximum atomic E-state index is 12.2. The molecule has 0 spiro atoms. The number of hydrogen-bond donors (Lipinski definition) is 1.